The summed E-state index contributed by atoms with van der Waals surface area (Å²) in [5, 5.41) is 0. The van der Waals surface area contributed by atoms with Gasteiger partial charge >= 0.3 is 5.97 Å². The minimum atomic E-state index is -0.207. The highest BCUT2D eigenvalue weighted by molar-refractivity contribution is 9.10. The zero-order chi connectivity index (χ0) is 14.9. The first-order chi connectivity index (χ1) is 9.34. The fourth-order valence-electron chi connectivity index (χ4n) is 2.43. The van der Waals surface area contributed by atoms with Gasteiger partial charge in [0.25, 0.3) is 0 Å². The van der Waals surface area contributed by atoms with Crippen molar-refractivity contribution in [1.82, 2.24) is 0 Å². The highest BCUT2D eigenvalue weighted by Crippen LogP contribution is 2.60. The minimum Gasteiger partial charge on any atom is -0.461 e. The zero-order valence-electron chi connectivity index (χ0n) is 11.2. The van der Waals surface area contributed by atoms with E-state index in [1.165, 1.54) is 0 Å². The Morgan fingerprint density at radius 3 is 2.65 bits per heavy atom. The lowest BCUT2D eigenvalue weighted by molar-refractivity contribution is -0.147. The van der Waals surface area contributed by atoms with E-state index < -0.39 is 0 Å². The maximum Gasteiger partial charge on any atom is 0.310 e. The average molecular weight is 378 g/mol. The van der Waals surface area contributed by atoms with Crippen LogP contribution in [0.25, 0.3) is 0 Å². The predicted octanol–water partition coefficient (Wildman–Crippen LogP) is 5.08. The first-order valence-corrected chi connectivity index (χ1v) is 7.82. The Balaban J connectivity index is 1.97. The number of carbonyl (C=O) groups is 1. The van der Waals surface area contributed by atoms with Gasteiger partial charge in [-0.1, -0.05) is 71.2 Å². The van der Waals surface area contributed by atoms with Gasteiger partial charge in [-0.2, -0.15) is 0 Å². The quantitative estimate of drug-likeness (QED) is 0.683. The molecule has 2 nitrogen and oxygen atoms in total. The minimum absolute atomic E-state index is 0.0409. The second-order valence-corrected chi connectivity index (χ2v) is 7.34. The van der Waals surface area contributed by atoms with Crippen molar-refractivity contribution in [3.63, 3.8) is 0 Å². The Hall–Kier alpha value is -0.510. The van der Waals surface area contributed by atoms with Gasteiger partial charge in [-0.05, 0) is 23.5 Å². The molecular weight excluding hydrogens is 363 g/mol. The Morgan fingerprint density at radius 2 is 2.05 bits per heavy atom. The molecule has 0 unspecified atom stereocenters. The number of carbonyl (C=O) groups excluding carboxylic acids is 1. The molecule has 0 spiro atoms. The molecule has 108 valence electrons. The third-order valence-corrected chi connectivity index (χ3v) is 4.82. The maximum atomic E-state index is 12.1. The molecule has 2 atom stereocenters. The van der Waals surface area contributed by atoms with E-state index in [1.54, 1.807) is 6.08 Å². The maximum absolute atomic E-state index is 12.1. The number of hydrogen-bond donors (Lipinski definition) is 0. The summed E-state index contributed by atoms with van der Waals surface area (Å²) in [6.45, 7) is 4.28. The standard InChI is InChI=1S/C15H15BrCl2O2/c1-15(2)10(7-12(17)18)13(15)14(19)20-8-9-5-3-4-6-11(9)16/h3-7,10,13H,8H2,1-2H3/t10-,13-/m1/s1. The summed E-state index contributed by atoms with van der Waals surface area (Å²) in [6.07, 6.45) is 1.72. The van der Waals surface area contributed by atoms with Gasteiger partial charge in [0.05, 0.1) is 5.92 Å². The molecule has 1 fully saturated rings. The van der Waals surface area contributed by atoms with E-state index in [9.17, 15) is 4.79 Å². The summed E-state index contributed by atoms with van der Waals surface area (Å²) < 4.78 is 6.53. The van der Waals surface area contributed by atoms with Crippen LogP contribution in [0.2, 0.25) is 0 Å². The molecule has 0 bridgehead atoms. The Bertz CT molecular complexity index is 551. The molecule has 0 aliphatic heterocycles. The van der Waals surface area contributed by atoms with Crippen LogP contribution < -0.4 is 0 Å². The summed E-state index contributed by atoms with van der Waals surface area (Å²) in [6, 6.07) is 7.67. The van der Waals surface area contributed by atoms with Crippen molar-refractivity contribution in [2.75, 3.05) is 0 Å². The van der Waals surface area contributed by atoms with Crippen molar-refractivity contribution in [2.24, 2.45) is 17.3 Å². The first kappa shape index (κ1) is 15.9. The molecule has 0 N–H and O–H groups in total. The largest absolute Gasteiger partial charge is 0.461 e. The molecule has 1 aromatic rings. The molecule has 0 amide bonds. The zero-order valence-corrected chi connectivity index (χ0v) is 14.3. The topological polar surface area (TPSA) is 26.3 Å². The molecule has 2 rings (SSSR count). The highest BCUT2D eigenvalue weighted by Gasteiger charge is 2.61. The normalized spacial score (nSPS) is 23.1. The number of esters is 1. The van der Waals surface area contributed by atoms with Crippen LogP contribution in [0.5, 0.6) is 0 Å². The number of hydrogen-bond acceptors (Lipinski definition) is 2. The predicted molar refractivity (Wildman–Crippen MR) is 84.5 cm³/mol. The first-order valence-electron chi connectivity index (χ1n) is 6.27. The number of allylic oxidation sites excluding steroid dienone is 1. The third-order valence-electron chi connectivity index (χ3n) is 3.80. The molecule has 1 aromatic carbocycles. The fraction of sp³-hybridized carbons (Fsp3) is 0.400. The molecule has 1 aliphatic rings. The molecule has 0 radical (unpaired) electrons. The van der Waals surface area contributed by atoms with Crippen LogP contribution in [0.15, 0.2) is 39.3 Å². The van der Waals surface area contributed by atoms with Gasteiger partial charge in [0.15, 0.2) is 0 Å². The van der Waals surface area contributed by atoms with E-state index in [4.69, 9.17) is 27.9 Å². The van der Waals surface area contributed by atoms with Crippen molar-refractivity contribution >= 4 is 45.1 Å². The molecule has 1 saturated carbocycles. The average Bonchev–Trinajstić information content (AvgIpc) is 2.88. The van der Waals surface area contributed by atoms with Crippen molar-refractivity contribution < 1.29 is 9.53 Å². The second kappa shape index (κ2) is 6.08. The number of rotatable bonds is 4. The Kier molecular flexibility index (Phi) is 4.83. The van der Waals surface area contributed by atoms with Crippen LogP contribution >= 0.6 is 39.1 Å². The van der Waals surface area contributed by atoms with Gasteiger partial charge in [-0.3, -0.25) is 4.79 Å². The fourth-order valence-corrected chi connectivity index (χ4v) is 3.10. The van der Waals surface area contributed by atoms with Gasteiger partial charge in [0, 0.05) is 10.0 Å². The van der Waals surface area contributed by atoms with Gasteiger partial charge in [0.2, 0.25) is 0 Å². The molecule has 20 heavy (non-hydrogen) atoms. The summed E-state index contributed by atoms with van der Waals surface area (Å²) >= 11 is 14.8. The molecule has 0 saturated heterocycles. The SMILES string of the molecule is CC1(C)[C@H](C=C(Cl)Cl)[C@@H]1C(=O)OCc1ccccc1Br. The van der Waals surface area contributed by atoms with Crippen molar-refractivity contribution in [3.05, 3.63) is 44.9 Å². The number of benzene rings is 1. The van der Waals surface area contributed by atoms with Gasteiger partial charge in [-0.25, -0.2) is 0 Å². The summed E-state index contributed by atoms with van der Waals surface area (Å²) in [5.41, 5.74) is 0.793. The van der Waals surface area contributed by atoms with Crippen LogP contribution in [-0.2, 0) is 16.1 Å². The monoisotopic (exact) mass is 376 g/mol. The van der Waals surface area contributed by atoms with E-state index in [0.29, 0.717) is 0 Å². The van der Waals surface area contributed by atoms with E-state index in [0.717, 1.165) is 10.0 Å². The van der Waals surface area contributed by atoms with Crippen LogP contribution in [0.4, 0.5) is 0 Å². The molecule has 0 heterocycles. The van der Waals surface area contributed by atoms with Crippen molar-refractivity contribution in [3.8, 4) is 0 Å². The summed E-state index contributed by atoms with van der Waals surface area (Å²) in [7, 11) is 0. The van der Waals surface area contributed by atoms with Gasteiger partial charge in [-0.15, -0.1) is 0 Å². The molecule has 5 heteroatoms. The summed E-state index contributed by atoms with van der Waals surface area (Å²) in [5.74, 6) is -0.349. The van der Waals surface area contributed by atoms with Crippen molar-refractivity contribution in [1.29, 1.82) is 0 Å². The van der Waals surface area contributed by atoms with Crippen LogP contribution in [-0.4, -0.2) is 5.97 Å². The van der Waals surface area contributed by atoms with E-state index in [2.05, 4.69) is 15.9 Å². The Morgan fingerprint density at radius 1 is 1.40 bits per heavy atom. The molecule has 1 aliphatic carbocycles. The molecule has 0 aromatic heterocycles. The second-order valence-electron chi connectivity index (χ2n) is 5.48. The van der Waals surface area contributed by atoms with Crippen LogP contribution in [0, 0.1) is 17.3 Å². The smallest absolute Gasteiger partial charge is 0.310 e. The van der Waals surface area contributed by atoms with Crippen molar-refractivity contribution in [2.45, 2.75) is 20.5 Å². The molecular formula is C15H15BrCl2O2. The van der Waals surface area contributed by atoms with Gasteiger partial charge in [0.1, 0.15) is 11.1 Å². The third kappa shape index (κ3) is 3.38. The Labute approximate surface area is 137 Å². The summed E-state index contributed by atoms with van der Waals surface area (Å²) in [4.78, 5) is 12.1. The van der Waals surface area contributed by atoms with E-state index in [-0.39, 0.29) is 34.3 Å². The van der Waals surface area contributed by atoms with E-state index >= 15 is 0 Å². The lowest BCUT2D eigenvalue weighted by Crippen LogP contribution is -2.10. The number of ether oxygens (including phenoxy) is 1. The van der Waals surface area contributed by atoms with E-state index in [1.807, 2.05) is 38.1 Å². The van der Waals surface area contributed by atoms with Gasteiger partial charge < -0.3 is 4.74 Å². The number of halogens is 3. The van der Waals surface area contributed by atoms with Crippen LogP contribution in [0.1, 0.15) is 19.4 Å². The highest BCUT2D eigenvalue weighted by atomic mass is 79.9. The lowest BCUT2D eigenvalue weighted by Gasteiger charge is -2.07. The van der Waals surface area contributed by atoms with Crippen LogP contribution in [0.3, 0.4) is 0 Å². The lowest BCUT2D eigenvalue weighted by atomic mass is 10.1.